The van der Waals surface area contributed by atoms with Gasteiger partial charge in [-0.3, -0.25) is 0 Å². The van der Waals surface area contributed by atoms with Crippen LogP contribution in [-0.2, 0) is 5.60 Å². The Bertz CT molecular complexity index is 450. The summed E-state index contributed by atoms with van der Waals surface area (Å²) in [5.74, 6) is 0. The number of aliphatic hydroxyl groups is 2. The Balaban J connectivity index is 2.22. The summed E-state index contributed by atoms with van der Waals surface area (Å²) in [5.41, 5.74) is -0.874. The van der Waals surface area contributed by atoms with E-state index in [0.717, 1.165) is 4.90 Å². The normalized spacial score (nSPS) is 28.2. The van der Waals surface area contributed by atoms with E-state index in [-0.39, 0.29) is 19.5 Å². The second-order valence-electron chi connectivity index (χ2n) is 4.43. The van der Waals surface area contributed by atoms with E-state index in [1.165, 1.54) is 0 Å². The van der Waals surface area contributed by atoms with Gasteiger partial charge in [-0.05, 0) is 17.7 Å². The summed E-state index contributed by atoms with van der Waals surface area (Å²) in [6, 6.07) is 6.54. The maximum Gasteiger partial charge on any atom is 0.407 e. The van der Waals surface area contributed by atoms with Gasteiger partial charge in [0, 0.05) is 18.0 Å². The van der Waals surface area contributed by atoms with Gasteiger partial charge >= 0.3 is 6.09 Å². The molecule has 98 valence electrons. The van der Waals surface area contributed by atoms with E-state index >= 15 is 0 Å². The van der Waals surface area contributed by atoms with Crippen molar-refractivity contribution in [2.75, 3.05) is 13.1 Å². The number of piperidine rings is 1. The molecule has 6 heteroatoms. The lowest BCUT2D eigenvalue weighted by atomic mass is 9.82. The van der Waals surface area contributed by atoms with E-state index in [1.807, 2.05) is 0 Å². The first kappa shape index (κ1) is 13.1. The molecule has 0 bridgehead atoms. The molecule has 1 amide bonds. The van der Waals surface area contributed by atoms with Crippen molar-refractivity contribution >= 4 is 17.7 Å². The lowest BCUT2D eigenvalue weighted by molar-refractivity contribution is -0.119. The molecule has 2 atom stereocenters. The van der Waals surface area contributed by atoms with Gasteiger partial charge in [0.05, 0.1) is 6.54 Å². The molecule has 0 aliphatic carbocycles. The van der Waals surface area contributed by atoms with Gasteiger partial charge < -0.3 is 20.2 Å². The zero-order chi connectivity index (χ0) is 13.3. The topological polar surface area (TPSA) is 81.0 Å². The minimum absolute atomic E-state index is 0.103. The number of carbonyl (C=O) groups is 1. The zero-order valence-corrected chi connectivity index (χ0v) is 10.3. The van der Waals surface area contributed by atoms with Gasteiger partial charge in [-0.15, -0.1) is 0 Å². The third kappa shape index (κ3) is 2.29. The summed E-state index contributed by atoms with van der Waals surface area (Å²) >= 11 is 5.77. The lowest BCUT2D eigenvalue weighted by Gasteiger charge is -2.41. The van der Waals surface area contributed by atoms with Crippen molar-refractivity contribution in [1.82, 2.24) is 4.90 Å². The molecule has 0 aromatic heterocycles. The minimum atomic E-state index is -1.42. The molecule has 1 heterocycles. The van der Waals surface area contributed by atoms with Crippen LogP contribution in [0.15, 0.2) is 24.3 Å². The summed E-state index contributed by atoms with van der Waals surface area (Å²) < 4.78 is 0. The number of β-amino-alcohol motifs (C(OH)–C–C–N with tert-alkyl or cyclic N) is 1. The van der Waals surface area contributed by atoms with Crippen LogP contribution in [0.1, 0.15) is 12.0 Å². The lowest BCUT2D eigenvalue weighted by Crippen LogP contribution is -2.54. The SMILES string of the molecule is O=C(O)N1CCC(O)(c2ccc(Cl)cc2)C(O)C1. The first-order chi connectivity index (χ1) is 8.43. The molecule has 0 radical (unpaired) electrons. The third-order valence-electron chi connectivity index (χ3n) is 3.32. The van der Waals surface area contributed by atoms with E-state index in [2.05, 4.69) is 0 Å². The summed E-state index contributed by atoms with van der Waals surface area (Å²) in [7, 11) is 0. The number of benzene rings is 1. The molecule has 18 heavy (non-hydrogen) atoms. The van der Waals surface area contributed by atoms with Crippen LogP contribution in [0, 0.1) is 0 Å². The molecular weight excluding hydrogens is 258 g/mol. The molecule has 2 rings (SSSR count). The fourth-order valence-electron chi connectivity index (χ4n) is 2.17. The van der Waals surface area contributed by atoms with Crippen LogP contribution >= 0.6 is 11.6 Å². The Kier molecular flexibility index (Phi) is 3.47. The Morgan fingerprint density at radius 3 is 2.50 bits per heavy atom. The van der Waals surface area contributed by atoms with Crippen LogP contribution in [0.2, 0.25) is 5.02 Å². The first-order valence-electron chi connectivity index (χ1n) is 5.58. The average Bonchev–Trinajstić information content (AvgIpc) is 2.33. The number of hydrogen-bond acceptors (Lipinski definition) is 3. The van der Waals surface area contributed by atoms with E-state index in [4.69, 9.17) is 16.7 Å². The molecule has 2 unspecified atom stereocenters. The van der Waals surface area contributed by atoms with Gasteiger partial charge in [0.1, 0.15) is 11.7 Å². The quantitative estimate of drug-likeness (QED) is 0.719. The molecule has 0 spiro atoms. The number of nitrogens with zero attached hydrogens (tertiary/aromatic N) is 1. The standard InChI is InChI=1S/C12H14ClNO4/c13-9-3-1-8(2-4-9)12(18)5-6-14(11(16)17)7-10(12)15/h1-4,10,15,18H,5-7H2,(H,16,17). The third-order valence-corrected chi connectivity index (χ3v) is 3.57. The van der Waals surface area contributed by atoms with Gasteiger partial charge in [0.25, 0.3) is 0 Å². The van der Waals surface area contributed by atoms with Gasteiger partial charge in [-0.1, -0.05) is 23.7 Å². The average molecular weight is 272 g/mol. The molecule has 1 saturated heterocycles. The van der Waals surface area contributed by atoms with Crippen LogP contribution in [0.25, 0.3) is 0 Å². The maximum absolute atomic E-state index is 10.8. The fourth-order valence-corrected chi connectivity index (χ4v) is 2.30. The van der Waals surface area contributed by atoms with Gasteiger partial charge in [-0.2, -0.15) is 0 Å². The highest BCUT2D eigenvalue weighted by Gasteiger charge is 2.43. The molecule has 1 aromatic carbocycles. The molecule has 5 nitrogen and oxygen atoms in total. The highest BCUT2D eigenvalue weighted by atomic mass is 35.5. The predicted molar refractivity (Wildman–Crippen MR) is 65.6 cm³/mol. The smallest absolute Gasteiger partial charge is 0.407 e. The van der Waals surface area contributed by atoms with Crippen LogP contribution in [-0.4, -0.2) is 45.5 Å². The summed E-state index contributed by atoms with van der Waals surface area (Å²) in [5, 5.41) is 29.9. The summed E-state index contributed by atoms with van der Waals surface area (Å²) in [4.78, 5) is 11.9. The van der Waals surface area contributed by atoms with Crippen LogP contribution < -0.4 is 0 Å². The number of aliphatic hydroxyl groups excluding tert-OH is 1. The summed E-state index contributed by atoms with van der Waals surface area (Å²) in [6.45, 7) is 0.0833. The van der Waals surface area contributed by atoms with Gasteiger partial charge in [-0.25, -0.2) is 4.79 Å². The largest absolute Gasteiger partial charge is 0.465 e. The van der Waals surface area contributed by atoms with Crippen molar-refractivity contribution in [3.8, 4) is 0 Å². The van der Waals surface area contributed by atoms with Crippen molar-refractivity contribution in [2.24, 2.45) is 0 Å². The molecule has 1 aliphatic rings. The molecule has 1 aromatic rings. The van der Waals surface area contributed by atoms with Crippen molar-refractivity contribution in [3.05, 3.63) is 34.9 Å². The van der Waals surface area contributed by atoms with Gasteiger partial charge in [0.15, 0.2) is 0 Å². The number of halogens is 1. The van der Waals surface area contributed by atoms with E-state index in [0.29, 0.717) is 10.6 Å². The number of carboxylic acid groups (broad SMARTS) is 1. The number of likely N-dealkylation sites (tertiary alicyclic amines) is 1. The molecule has 0 saturated carbocycles. The Labute approximate surface area is 109 Å². The van der Waals surface area contributed by atoms with E-state index in [9.17, 15) is 15.0 Å². The van der Waals surface area contributed by atoms with Crippen molar-refractivity contribution in [3.63, 3.8) is 0 Å². The second-order valence-corrected chi connectivity index (χ2v) is 4.86. The van der Waals surface area contributed by atoms with Crippen LogP contribution in [0.4, 0.5) is 4.79 Å². The fraction of sp³-hybridized carbons (Fsp3) is 0.417. The van der Waals surface area contributed by atoms with Crippen molar-refractivity contribution in [1.29, 1.82) is 0 Å². The maximum atomic E-state index is 10.8. The highest BCUT2D eigenvalue weighted by molar-refractivity contribution is 6.30. The number of hydrogen-bond donors (Lipinski definition) is 3. The van der Waals surface area contributed by atoms with Gasteiger partial charge in [0.2, 0.25) is 0 Å². The van der Waals surface area contributed by atoms with Crippen molar-refractivity contribution in [2.45, 2.75) is 18.1 Å². The Morgan fingerprint density at radius 1 is 1.39 bits per heavy atom. The highest BCUT2D eigenvalue weighted by Crippen LogP contribution is 2.33. The summed E-state index contributed by atoms with van der Waals surface area (Å²) in [6.07, 6.45) is -2.09. The predicted octanol–water partition coefficient (Wildman–Crippen LogP) is 1.27. The van der Waals surface area contributed by atoms with E-state index in [1.54, 1.807) is 24.3 Å². The minimum Gasteiger partial charge on any atom is -0.465 e. The molecular formula is C12H14ClNO4. The number of amides is 1. The Morgan fingerprint density at radius 2 is 2.00 bits per heavy atom. The zero-order valence-electron chi connectivity index (χ0n) is 9.58. The molecule has 1 aliphatic heterocycles. The Hall–Kier alpha value is -1.30. The van der Waals surface area contributed by atoms with E-state index < -0.39 is 17.8 Å². The second kappa shape index (κ2) is 4.76. The monoisotopic (exact) mass is 271 g/mol. The molecule has 1 fully saturated rings. The number of rotatable bonds is 1. The first-order valence-corrected chi connectivity index (χ1v) is 5.95. The molecule has 3 N–H and O–H groups in total. The van der Waals surface area contributed by atoms with Crippen molar-refractivity contribution < 1.29 is 20.1 Å². The van der Waals surface area contributed by atoms with Crippen LogP contribution in [0.5, 0.6) is 0 Å². The van der Waals surface area contributed by atoms with Crippen LogP contribution in [0.3, 0.4) is 0 Å².